The number of rotatable bonds is 3. The second-order valence-electron chi connectivity index (χ2n) is 5.46. The van der Waals surface area contributed by atoms with Crippen LogP contribution in [0, 0.1) is 0 Å². The molecule has 0 amide bonds. The quantitative estimate of drug-likeness (QED) is 0.508. The molecular weight excluding hydrogens is 220 g/mol. The molecule has 2 fully saturated rings. The second kappa shape index (κ2) is 5.20. The highest BCUT2D eigenvalue weighted by molar-refractivity contribution is 5.03. The van der Waals surface area contributed by atoms with Gasteiger partial charge in [-0.05, 0) is 45.8 Å². The SMILES string of the molecule is CNC1C[C@@H](O)C(O)(CN2CCCC2)[C@@H](O)C1. The molecule has 2 rings (SSSR count). The molecule has 1 heterocycles. The monoisotopic (exact) mass is 244 g/mol. The topological polar surface area (TPSA) is 76.0 Å². The van der Waals surface area contributed by atoms with Gasteiger partial charge in [0.1, 0.15) is 5.60 Å². The predicted octanol–water partition coefficient (Wildman–Crippen LogP) is -1.08. The van der Waals surface area contributed by atoms with Crippen LogP contribution in [-0.2, 0) is 0 Å². The molecule has 1 aliphatic carbocycles. The van der Waals surface area contributed by atoms with Gasteiger partial charge in [-0.1, -0.05) is 0 Å². The summed E-state index contributed by atoms with van der Waals surface area (Å²) in [5, 5.41) is 33.7. The summed E-state index contributed by atoms with van der Waals surface area (Å²) >= 11 is 0. The van der Waals surface area contributed by atoms with Gasteiger partial charge in [0.05, 0.1) is 12.2 Å². The predicted molar refractivity (Wildman–Crippen MR) is 64.7 cm³/mol. The fourth-order valence-electron chi connectivity index (χ4n) is 3.01. The van der Waals surface area contributed by atoms with Gasteiger partial charge in [0, 0.05) is 12.6 Å². The average Bonchev–Trinajstić information content (AvgIpc) is 2.78. The summed E-state index contributed by atoms with van der Waals surface area (Å²) in [4.78, 5) is 2.13. The fourth-order valence-corrected chi connectivity index (χ4v) is 3.01. The molecule has 1 saturated carbocycles. The Labute approximate surface area is 102 Å². The van der Waals surface area contributed by atoms with E-state index in [0.717, 1.165) is 25.9 Å². The van der Waals surface area contributed by atoms with Crippen LogP contribution in [0.3, 0.4) is 0 Å². The summed E-state index contributed by atoms with van der Waals surface area (Å²) in [6.45, 7) is 2.29. The lowest BCUT2D eigenvalue weighted by atomic mass is 9.77. The molecule has 2 unspecified atom stereocenters. The minimum Gasteiger partial charge on any atom is -0.390 e. The minimum atomic E-state index is -1.36. The van der Waals surface area contributed by atoms with Gasteiger partial charge in [0.2, 0.25) is 0 Å². The standard InChI is InChI=1S/C12H24N2O3/c1-13-9-6-10(15)12(17,11(16)7-9)8-14-4-2-3-5-14/h9-11,13,15-17H,2-8H2,1H3/t9?,10-,11+,12?. The molecule has 1 aliphatic heterocycles. The molecule has 1 saturated heterocycles. The van der Waals surface area contributed by atoms with Crippen molar-refractivity contribution in [2.24, 2.45) is 0 Å². The Morgan fingerprint density at radius 3 is 2.18 bits per heavy atom. The Morgan fingerprint density at radius 1 is 1.18 bits per heavy atom. The molecule has 100 valence electrons. The first-order chi connectivity index (χ1) is 8.06. The van der Waals surface area contributed by atoms with Gasteiger partial charge >= 0.3 is 0 Å². The van der Waals surface area contributed by atoms with Gasteiger partial charge in [0.25, 0.3) is 0 Å². The van der Waals surface area contributed by atoms with Gasteiger partial charge in [-0.25, -0.2) is 0 Å². The van der Waals surface area contributed by atoms with E-state index in [0.29, 0.717) is 19.4 Å². The summed E-state index contributed by atoms with van der Waals surface area (Å²) in [6.07, 6.45) is 1.56. The third-order valence-corrected chi connectivity index (χ3v) is 4.25. The van der Waals surface area contributed by atoms with Crippen molar-refractivity contribution in [2.75, 3.05) is 26.7 Å². The van der Waals surface area contributed by atoms with E-state index in [1.54, 1.807) is 0 Å². The fraction of sp³-hybridized carbons (Fsp3) is 1.00. The van der Waals surface area contributed by atoms with Crippen LogP contribution >= 0.6 is 0 Å². The maximum Gasteiger partial charge on any atom is 0.129 e. The van der Waals surface area contributed by atoms with Crippen molar-refractivity contribution >= 4 is 0 Å². The van der Waals surface area contributed by atoms with E-state index in [9.17, 15) is 15.3 Å². The highest BCUT2D eigenvalue weighted by Gasteiger charge is 2.48. The van der Waals surface area contributed by atoms with Crippen molar-refractivity contribution in [2.45, 2.75) is 49.5 Å². The van der Waals surface area contributed by atoms with Gasteiger partial charge in [0.15, 0.2) is 0 Å². The van der Waals surface area contributed by atoms with Crippen molar-refractivity contribution < 1.29 is 15.3 Å². The second-order valence-corrected chi connectivity index (χ2v) is 5.46. The normalized spacial score (nSPS) is 44.1. The number of likely N-dealkylation sites (tertiary alicyclic amines) is 1. The third kappa shape index (κ3) is 2.63. The summed E-state index contributed by atoms with van der Waals surface area (Å²) in [5.74, 6) is 0. The first-order valence-electron chi connectivity index (χ1n) is 6.54. The molecule has 17 heavy (non-hydrogen) atoms. The number of aliphatic hydroxyl groups is 3. The number of hydrogen-bond acceptors (Lipinski definition) is 5. The Bertz CT molecular complexity index is 244. The van der Waals surface area contributed by atoms with Gasteiger partial charge in [-0.3, -0.25) is 0 Å². The Hall–Kier alpha value is -0.200. The van der Waals surface area contributed by atoms with Crippen LogP contribution in [0.15, 0.2) is 0 Å². The van der Waals surface area contributed by atoms with Gasteiger partial charge < -0.3 is 25.5 Å². The maximum absolute atomic E-state index is 10.5. The highest BCUT2D eigenvalue weighted by atomic mass is 16.4. The molecule has 0 radical (unpaired) electrons. The highest BCUT2D eigenvalue weighted by Crippen LogP contribution is 2.31. The molecular formula is C12H24N2O3. The maximum atomic E-state index is 10.5. The molecule has 5 heteroatoms. The number of hydrogen-bond donors (Lipinski definition) is 4. The molecule has 4 atom stereocenters. The number of β-amino-alcohol motifs (C(OH)–C–C–N with tert-alkyl or cyclic N) is 1. The summed E-state index contributed by atoms with van der Waals surface area (Å²) < 4.78 is 0. The summed E-state index contributed by atoms with van der Waals surface area (Å²) in [7, 11) is 1.81. The third-order valence-electron chi connectivity index (χ3n) is 4.25. The minimum absolute atomic E-state index is 0.0823. The Balaban J connectivity index is 2.01. The lowest BCUT2D eigenvalue weighted by Crippen LogP contribution is -2.64. The molecule has 0 bridgehead atoms. The van der Waals surface area contributed by atoms with Crippen LogP contribution in [0.1, 0.15) is 25.7 Å². The average molecular weight is 244 g/mol. The van der Waals surface area contributed by atoms with Crippen LogP contribution in [0.4, 0.5) is 0 Å². The summed E-state index contributed by atoms with van der Waals surface area (Å²) in [6, 6.07) is 0.0823. The number of aliphatic hydroxyl groups excluding tert-OH is 2. The van der Waals surface area contributed by atoms with Crippen LogP contribution in [0.5, 0.6) is 0 Å². The Kier molecular flexibility index (Phi) is 4.05. The van der Waals surface area contributed by atoms with Crippen molar-refractivity contribution in [3.05, 3.63) is 0 Å². The van der Waals surface area contributed by atoms with E-state index in [1.165, 1.54) is 0 Å². The largest absolute Gasteiger partial charge is 0.390 e. The van der Waals surface area contributed by atoms with E-state index >= 15 is 0 Å². The number of nitrogens with zero attached hydrogens (tertiary/aromatic N) is 1. The Morgan fingerprint density at radius 2 is 1.71 bits per heavy atom. The van der Waals surface area contributed by atoms with Gasteiger partial charge in [-0.2, -0.15) is 0 Å². The van der Waals surface area contributed by atoms with Crippen molar-refractivity contribution in [3.8, 4) is 0 Å². The zero-order valence-corrected chi connectivity index (χ0v) is 10.5. The van der Waals surface area contributed by atoms with Crippen LogP contribution in [0.25, 0.3) is 0 Å². The molecule has 5 nitrogen and oxygen atoms in total. The van der Waals surface area contributed by atoms with Crippen molar-refractivity contribution in [1.29, 1.82) is 0 Å². The molecule has 0 spiro atoms. The zero-order valence-electron chi connectivity index (χ0n) is 10.5. The van der Waals surface area contributed by atoms with E-state index in [4.69, 9.17) is 0 Å². The van der Waals surface area contributed by atoms with E-state index in [2.05, 4.69) is 10.2 Å². The summed E-state index contributed by atoms with van der Waals surface area (Å²) in [5.41, 5.74) is -1.36. The lowest BCUT2D eigenvalue weighted by Gasteiger charge is -2.45. The van der Waals surface area contributed by atoms with E-state index < -0.39 is 17.8 Å². The molecule has 2 aliphatic rings. The molecule has 0 aromatic rings. The molecule has 0 aromatic heterocycles. The van der Waals surface area contributed by atoms with E-state index in [-0.39, 0.29) is 6.04 Å². The zero-order chi connectivity index (χ0) is 12.5. The van der Waals surface area contributed by atoms with Crippen molar-refractivity contribution in [1.82, 2.24) is 10.2 Å². The lowest BCUT2D eigenvalue weighted by molar-refractivity contribution is -0.180. The van der Waals surface area contributed by atoms with E-state index in [1.807, 2.05) is 7.05 Å². The van der Waals surface area contributed by atoms with Gasteiger partial charge in [-0.15, -0.1) is 0 Å². The van der Waals surface area contributed by atoms with Crippen LogP contribution in [0.2, 0.25) is 0 Å². The van der Waals surface area contributed by atoms with Crippen molar-refractivity contribution in [3.63, 3.8) is 0 Å². The smallest absolute Gasteiger partial charge is 0.129 e. The molecule has 0 aromatic carbocycles. The van der Waals surface area contributed by atoms with Crippen LogP contribution in [-0.4, -0.2) is 70.8 Å². The van der Waals surface area contributed by atoms with Crippen LogP contribution < -0.4 is 5.32 Å². The first-order valence-corrected chi connectivity index (χ1v) is 6.54. The number of nitrogens with one attached hydrogen (secondary N) is 1. The molecule has 4 N–H and O–H groups in total. The first kappa shape index (κ1) is 13.2.